The molecule has 0 aromatic heterocycles. The van der Waals surface area contributed by atoms with Crippen molar-refractivity contribution in [1.29, 1.82) is 0 Å². The van der Waals surface area contributed by atoms with Crippen molar-refractivity contribution in [2.75, 3.05) is 13.2 Å². The summed E-state index contributed by atoms with van der Waals surface area (Å²) in [6, 6.07) is 0.594. The highest BCUT2D eigenvalue weighted by molar-refractivity contribution is 6.69. The van der Waals surface area contributed by atoms with Gasteiger partial charge in [-0.3, -0.25) is 0 Å². The molecule has 0 saturated carbocycles. The number of rotatable bonds is 6. The monoisotopic (exact) mass is 189 g/mol. The minimum absolute atomic E-state index is 0.594. The second-order valence-electron chi connectivity index (χ2n) is 4.42. The first kappa shape index (κ1) is 12.1. The highest BCUT2D eigenvalue weighted by Crippen LogP contribution is 2.02. The van der Waals surface area contributed by atoms with Crippen molar-refractivity contribution in [2.45, 2.75) is 46.0 Å². The summed E-state index contributed by atoms with van der Waals surface area (Å²) < 4.78 is 5.71. The van der Waals surface area contributed by atoms with E-state index in [2.05, 4.69) is 38.8 Å². The molecule has 74 valence electrons. The van der Waals surface area contributed by atoms with Crippen LogP contribution in [0.1, 0.15) is 20.3 Å². The van der Waals surface area contributed by atoms with Gasteiger partial charge in [-0.25, -0.2) is 0 Å². The summed E-state index contributed by atoms with van der Waals surface area (Å²) in [6.45, 7) is 13.0. The molecule has 0 heterocycles. The van der Waals surface area contributed by atoms with Crippen LogP contribution < -0.4 is 5.32 Å². The molecule has 0 amide bonds. The summed E-state index contributed by atoms with van der Waals surface area (Å²) in [4.78, 5) is 0. The number of nitrogens with one attached hydrogen (secondary N) is 1. The second kappa shape index (κ2) is 5.73. The van der Waals surface area contributed by atoms with Crippen LogP contribution in [0.15, 0.2) is 0 Å². The summed E-state index contributed by atoms with van der Waals surface area (Å²) >= 11 is 0. The van der Waals surface area contributed by atoms with Gasteiger partial charge >= 0.3 is 0 Å². The molecule has 0 aromatic rings. The standard InChI is InChI=1S/C9H23NOSi/c1-9(2)10-7-6-8-11-12(3,4)5/h9-10H,6-8H2,1-5H3. The fraction of sp³-hybridized carbons (Fsp3) is 1.00. The van der Waals surface area contributed by atoms with Gasteiger partial charge in [0.25, 0.3) is 0 Å². The van der Waals surface area contributed by atoms with Crippen molar-refractivity contribution in [3.8, 4) is 0 Å². The fourth-order valence-corrected chi connectivity index (χ4v) is 1.60. The van der Waals surface area contributed by atoms with Gasteiger partial charge in [-0.15, -0.1) is 0 Å². The van der Waals surface area contributed by atoms with Crippen LogP contribution in [0, 0.1) is 0 Å². The molecule has 0 atom stereocenters. The zero-order chi connectivity index (χ0) is 9.61. The van der Waals surface area contributed by atoms with Gasteiger partial charge in [-0.2, -0.15) is 0 Å². The average Bonchev–Trinajstić information content (AvgIpc) is 1.83. The Kier molecular flexibility index (Phi) is 5.79. The molecule has 12 heavy (non-hydrogen) atoms. The minimum atomic E-state index is -1.26. The van der Waals surface area contributed by atoms with E-state index in [9.17, 15) is 0 Å². The Morgan fingerprint density at radius 2 is 1.83 bits per heavy atom. The maximum atomic E-state index is 5.71. The molecule has 3 heteroatoms. The van der Waals surface area contributed by atoms with Crippen LogP contribution >= 0.6 is 0 Å². The van der Waals surface area contributed by atoms with Crippen LogP contribution in [0.3, 0.4) is 0 Å². The molecule has 2 nitrogen and oxygen atoms in total. The Balaban J connectivity index is 3.12. The Labute approximate surface area is 77.8 Å². The average molecular weight is 189 g/mol. The molecule has 0 aliphatic heterocycles. The highest BCUT2D eigenvalue weighted by Gasteiger charge is 2.12. The van der Waals surface area contributed by atoms with E-state index < -0.39 is 8.32 Å². The van der Waals surface area contributed by atoms with Gasteiger partial charge in [0.05, 0.1) is 0 Å². The van der Waals surface area contributed by atoms with E-state index >= 15 is 0 Å². The maximum absolute atomic E-state index is 5.71. The van der Waals surface area contributed by atoms with Crippen molar-refractivity contribution in [3.05, 3.63) is 0 Å². The lowest BCUT2D eigenvalue weighted by Crippen LogP contribution is -2.29. The lowest BCUT2D eigenvalue weighted by Gasteiger charge is -2.17. The molecule has 0 radical (unpaired) electrons. The zero-order valence-corrected chi connectivity index (χ0v) is 10.1. The van der Waals surface area contributed by atoms with Crippen LogP contribution in [0.2, 0.25) is 19.6 Å². The molecule has 0 rings (SSSR count). The van der Waals surface area contributed by atoms with E-state index in [4.69, 9.17) is 4.43 Å². The van der Waals surface area contributed by atoms with Crippen LogP contribution in [-0.2, 0) is 4.43 Å². The van der Waals surface area contributed by atoms with Crippen LogP contribution in [-0.4, -0.2) is 27.5 Å². The van der Waals surface area contributed by atoms with Gasteiger partial charge in [-0.1, -0.05) is 13.8 Å². The summed E-state index contributed by atoms with van der Waals surface area (Å²) in [6.07, 6.45) is 1.13. The van der Waals surface area contributed by atoms with E-state index in [-0.39, 0.29) is 0 Å². The largest absolute Gasteiger partial charge is 0.418 e. The molecule has 0 saturated heterocycles. The van der Waals surface area contributed by atoms with Gasteiger partial charge in [0.15, 0.2) is 8.32 Å². The van der Waals surface area contributed by atoms with Crippen LogP contribution in [0.4, 0.5) is 0 Å². The van der Waals surface area contributed by atoms with Gasteiger partial charge in [0, 0.05) is 12.6 Å². The topological polar surface area (TPSA) is 21.3 Å². The first-order chi connectivity index (χ1) is 5.42. The summed E-state index contributed by atoms with van der Waals surface area (Å²) in [5.41, 5.74) is 0. The second-order valence-corrected chi connectivity index (χ2v) is 8.94. The fourth-order valence-electron chi connectivity index (χ4n) is 0.841. The lowest BCUT2D eigenvalue weighted by molar-refractivity contribution is 0.300. The first-order valence-corrected chi connectivity index (χ1v) is 8.20. The van der Waals surface area contributed by atoms with Crippen molar-refractivity contribution in [2.24, 2.45) is 0 Å². The molecule has 0 aliphatic rings. The predicted octanol–water partition coefficient (Wildman–Crippen LogP) is 2.23. The van der Waals surface area contributed by atoms with Crippen molar-refractivity contribution < 1.29 is 4.43 Å². The molecule has 0 aliphatic carbocycles. The van der Waals surface area contributed by atoms with E-state index in [1.807, 2.05) is 0 Å². The Morgan fingerprint density at radius 1 is 1.25 bits per heavy atom. The molecule has 0 spiro atoms. The third-order valence-corrected chi connectivity index (χ3v) is 2.48. The lowest BCUT2D eigenvalue weighted by atomic mass is 10.3. The van der Waals surface area contributed by atoms with E-state index in [0.29, 0.717) is 6.04 Å². The highest BCUT2D eigenvalue weighted by atomic mass is 28.4. The quantitative estimate of drug-likeness (QED) is 0.511. The van der Waals surface area contributed by atoms with Crippen molar-refractivity contribution >= 4 is 8.32 Å². The third-order valence-electron chi connectivity index (χ3n) is 1.41. The molecular formula is C9H23NOSi. The summed E-state index contributed by atoms with van der Waals surface area (Å²) in [5.74, 6) is 0. The Morgan fingerprint density at radius 3 is 2.25 bits per heavy atom. The summed E-state index contributed by atoms with van der Waals surface area (Å²) in [7, 11) is -1.26. The molecule has 0 bridgehead atoms. The van der Waals surface area contributed by atoms with E-state index in [1.54, 1.807) is 0 Å². The Hall–Kier alpha value is 0.137. The van der Waals surface area contributed by atoms with Crippen LogP contribution in [0.25, 0.3) is 0 Å². The van der Waals surface area contributed by atoms with Gasteiger partial charge < -0.3 is 9.74 Å². The Bertz CT molecular complexity index is 110. The zero-order valence-electron chi connectivity index (χ0n) is 9.11. The van der Waals surface area contributed by atoms with Crippen molar-refractivity contribution in [3.63, 3.8) is 0 Å². The third kappa shape index (κ3) is 10.1. The molecular weight excluding hydrogens is 166 g/mol. The molecule has 1 N–H and O–H groups in total. The summed E-state index contributed by atoms with van der Waals surface area (Å²) in [5, 5.41) is 3.37. The molecule has 0 fully saturated rings. The number of hydrogen-bond acceptors (Lipinski definition) is 2. The van der Waals surface area contributed by atoms with Crippen molar-refractivity contribution in [1.82, 2.24) is 5.32 Å². The van der Waals surface area contributed by atoms with E-state index in [1.165, 1.54) is 0 Å². The maximum Gasteiger partial charge on any atom is 0.183 e. The normalized spacial score (nSPS) is 12.5. The predicted molar refractivity (Wildman–Crippen MR) is 57.1 cm³/mol. The number of hydrogen-bond donors (Lipinski definition) is 1. The molecule has 0 aromatic carbocycles. The minimum Gasteiger partial charge on any atom is -0.418 e. The van der Waals surface area contributed by atoms with Gasteiger partial charge in [0.2, 0.25) is 0 Å². The van der Waals surface area contributed by atoms with Crippen LogP contribution in [0.5, 0.6) is 0 Å². The van der Waals surface area contributed by atoms with Gasteiger partial charge in [0.1, 0.15) is 0 Å². The SMILES string of the molecule is CC(C)NCCCO[Si](C)(C)C. The first-order valence-electron chi connectivity index (χ1n) is 4.79. The smallest absolute Gasteiger partial charge is 0.183 e. The van der Waals surface area contributed by atoms with Gasteiger partial charge in [-0.05, 0) is 32.6 Å². The molecule has 0 unspecified atom stereocenters. The van der Waals surface area contributed by atoms with E-state index in [0.717, 1.165) is 19.6 Å².